The van der Waals surface area contributed by atoms with E-state index in [2.05, 4.69) is 43.5 Å². The molecule has 2 aromatic rings. The van der Waals surface area contributed by atoms with Gasteiger partial charge in [0.2, 0.25) is 5.91 Å². The average Bonchev–Trinajstić information content (AvgIpc) is 2.92. The molecule has 0 saturated carbocycles. The molecule has 0 radical (unpaired) electrons. The molecule has 106 valence electrons. The SMILES string of the molecule is C[C@@H](Cc1ccc(Br)cc1)NC(=O)CCn1cncn1. The van der Waals surface area contributed by atoms with Crippen molar-refractivity contribution in [2.45, 2.75) is 32.4 Å². The maximum Gasteiger partial charge on any atom is 0.222 e. The Labute approximate surface area is 126 Å². The summed E-state index contributed by atoms with van der Waals surface area (Å²) < 4.78 is 2.71. The van der Waals surface area contributed by atoms with Gasteiger partial charge in [-0.3, -0.25) is 9.48 Å². The van der Waals surface area contributed by atoms with Crippen molar-refractivity contribution >= 4 is 21.8 Å². The van der Waals surface area contributed by atoms with E-state index in [1.165, 1.54) is 11.9 Å². The Morgan fingerprint density at radius 1 is 1.40 bits per heavy atom. The molecular weight excluding hydrogens is 320 g/mol. The highest BCUT2D eigenvalue weighted by atomic mass is 79.9. The lowest BCUT2D eigenvalue weighted by molar-refractivity contribution is -0.121. The molecule has 1 aromatic carbocycles. The van der Waals surface area contributed by atoms with Crippen LogP contribution in [0.3, 0.4) is 0 Å². The van der Waals surface area contributed by atoms with Crippen LogP contribution in [0.5, 0.6) is 0 Å². The number of hydrogen-bond donors (Lipinski definition) is 1. The van der Waals surface area contributed by atoms with Crippen LogP contribution in [0.25, 0.3) is 0 Å². The molecule has 0 aliphatic rings. The molecule has 6 heteroatoms. The van der Waals surface area contributed by atoms with Crippen LogP contribution in [-0.4, -0.2) is 26.7 Å². The van der Waals surface area contributed by atoms with E-state index in [1.807, 2.05) is 19.1 Å². The number of nitrogens with zero attached hydrogens (tertiary/aromatic N) is 3. The second kappa shape index (κ2) is 7.19. The first-order valence-corrected chi connectivity index (χ1v) is 7.29. The molecule has 1 amide bonds. The standard InChI is InChI=1S/C14H17BrN4O/c1-11(8-12-2-4-13(15)5-3-12)18-14(20)6-7-19-10-16-9-17-19/h2-5,9-11H,6-8H2,1H3,(H,18,20)/t11-/m0/s1. The molecule has 2 rings (SSSR count). The second-order valence-corrected chi connectivity index (χ2v) is 5.62. The van der Waals surface area contributed by atoms with Gasteiger partial charge >= 0.3 is 0 Å². The molecule has 1 N–H and O–H groups in total. The monoisotopic (exact) mass is 336 g/mol. The van der Waals surface area contributed by atoms with Crippen molar-refractivity contribution < 1.29 is 4.79 Å². The van der Waals surface area contributed by atoms with E-state index in [9.17, 15) is 4.79 Å². The van der Waals surface area contributed by atoms with Crippen molar-refractivity contribution in [1.82, 2.24) is 20.1 Å². The van der Waals surface area contributed by atoms with E-state index >= 15 is 0 Å². The van der Waals surface area contributed by atoms with Crippen LogP contribution in [0.15, 0.2) is 41.4 Å². The lowest BCUT2D eigenvalue weighted by Gasteiger charge is -2.14. The number of carbonyl (C=O) groups is 1. The predicted molar refractivity (Wildman–Crippen MR) is 80.1 cm³/mol. The number of nitrogens with one attached hydrogen (secondary N) is 1. The number of benzene rings is 1. The van der Waals surface area contributed by atoms with Gasteiger partial charge in [0, 0.05) is 16.9 Å². The lowest BCUT2D eigenvalue weighted by atomic mass is 10.1. The average molecular weight is 337 g/mol. The number of carbonyl (C=O) groups excluding carboxylic acids is 1. The zero-order valence-electron chi connectivity index (χ0n) is 11.3. The number of aromatic nitrogens is 3. The summed E-state index contributed by atoms with van der Waals surface area (Å²) in [6.45, 7) is 2.56. The van der Waals surface area contributed by atoms with E-state index in [-0.39, 0.29) is 11.9 Å². The van der Waals surface area contributed by atoms with Gasteiger partial charge in [0.25, 0.3) is 0 Å². The maximum atomic E-state index is 11.8. The van der Waals surface area contributed by atoms with Gasteiger partial charge in [-0.1, -0.05) is 28.1 Å². The van der Waals surface area contributed by atoms with Gasteiger partial charge in [0.15, 0.2) is 0 Å². The number of aryl methyl sites for hydroxylation is 1. The fourth-order valence-corrected chi connectivity index (χ4v) is 2.20. The summed E-state index contributed by atoms with van der Waals surface area (Å²) in [5.74, 6) is 0.0325. The second-order valence-electron chi connectivity index (χ2n) is 4.71. The third kappa shape index (κ3) is 4.77. The smallest absolute Gasteiger partial charge is 0.222 e. The summed E-state index contributed by atoms with van der Waals surface area (Å²) in [6.07, 6.45) is 4.31. The van der Waals surface area contributed by atoms with Gasteiger partial charge < -0.3 is 5.32 Å². The van der Waals surface area contributed by atoms with E-state index in [4.69, 9.17) is 0 Å². The minimum Gasteiger partial charge on any atom is -0.353 e. The minimum absolute atomic E-state index is 0.0325. The molecule has 0 aliphatic heterocycles. The van der Waals surface area contributed by atoms with Crippen molar-refractivity contribution in [3.05, 3.63) is 47.0 Å². The Bertz CT molecular complexity index is 539. The normalized spacial score (nSPS) is 12.1. The first-order chi connectivity index (χ1) is 9.63. The Balaban J connectivity index is 1.74. The molecule has 1 aromatic heterocycles. The number of amides is 1. The predicted octanol–water partition coefficient (Wildman–Crippen LogP) is 2.18. The molecule has 0 saturated heterocycles. The van der Waals surface area contributed by atoms with Crippen molar-refractivity contribution in [2.24, 2.45) is 0 Å². The molecule has 0 fully saturated rings. The van der Waals surface area contributed by atoms with Crippen LogP contribution < -0.4 is 5.32 Å². The Morgan fingerprint density at radius 2 is 2.15 bits per heavy atom. The zero-order valence-corrected chi connectivity index (χ0v) is 12.9. The van der Waals surface area contributed by atoms with Gasteiger partial charge in [0.1, 0.15) is 12.7 Å². The third-order valence-corrected chi connectivity index (χ3v) is 3.43. The summed E-state index contributed by atoms with van der Waals surface area (Å²) in [5.41, 5.74) is 1.21. The molecule has 5 nitrogen and oxygen atoms in total. The number of halogens is 1. The highest BCUT2D eigenvalue weighted by Crippen LogP contribution is 2.11. The van der Waals surface area contributed by atoms with Gasteiger partial charge in [-0.05, 0) is 31.0 Å². The van der Waals surface area contributed by atoms with Crippen molar-refractivity contribution in [2.75, 3.05) is 0 Å². The van der Waals surface area contributed by atoms with E-state index in [0.29, 0.717) is 13.0 Å². The quantitative estimate of drug-likeness (QED) is 0.879. The number of hydrogen-bond acceptors (Lipinski definition) is 3. The largest absolute Gasteiger partial charge is 0.353 e. The first kappa shape index (κ1) is 14.7. The first-order valence-electron chi connectivity index (χ1n) is 6.49. The minimum atomic E-state index is 0.0325. The third-order valence-electron chi connectivity index (χ3n) is 2.90. The highest BCUT2D eigenvalue weighted by molar-refractivity contribution is 9.10. The summed E-state index contributed by atoms with van der Waals surface area (Å²) in [4.78, 5) is 15.7. The van der Waals surface area contributed by atoms with E-state index in [1.54, 1.807) is 11.0 Å². The summed E-state index contributed by atoms with van der Waals surface area (Å²) in [6, 6.07) is 8.24. The van der Waals surface area contributed by atoms with E-state index in [0.717, 1.165) is 10.9 Å². The Hall–Kier alpha value is -1.69. The Morgan fingerprint density at radius 3 is 2.80 bits per heavy atom. The molecule has 0 aliphatic carbocycles. The van der Waals surface area contributed by atoms with Crippen molar-refractivity contribution in [1.29, 1.82) is 0 Å². The molecule has 20 heavy (non-hydrogen) atoms. The van der Waals surface area contributed by atoms with Crippen molar-refractivity contribution in [3.63, 3.8) is 0 Å². The van der Waals surface area contributed by atoms with Crippen LogP contribution in [0.1, 0.15) is 18.9 Å². The molecule has 0 spiro atoms. The van der Waals surface area contributed by atoms with E-state index < -0.39 is 0 Å². The van der Waals surface area contributed by atoms with Gasteiger partial charge in [-0.2, -0.15) is 5.10 Å². The van der Waals surface area contributed by atoms with Crippen LogP contribution in [0.2, 0.25) is 0 Å². The fourth-order valence-electron chi connectivity index (χ4n) is 1.94. The zero-order chi connectivity index (χ0) is 14.4. The maximum absolute atomic E-state index is 11.8. The summed E-state index contributed by atoms with van der Waals surface area (Å²) >= 11 is 3.41. The summed E-state index contributed by atoms with van der Waals surface area (Å²) in [5, 5.41) is 6.96. The summed E-state index contributed by atoms with van der Waals surface area (Å²) in [7, 11) is 0. The van der Waals surface area contributed by atoms with Crippen LogP contribution in [0.4, 0.5) is 0 Å². The molecule has 1 heterocycles. The molecule has 0 unspecified atom stereocenters. The number of rotatable bonds is 6. The van der Waals surface area contributed by atoms with Gasteiger partial charge in [-0.25, -0.2) is 4.98 Å². The molecular formula is C14H17BrN4O. The molecule has 0 bridgehead atoms. The lowest BCUT2D eigenvalue weighted by Crippen LogP contribution is -2.34. The van der Waals surface area contributed by atoms with Crippen LogP contribution in [0, 0.1) is 0 Å². The molecule has 1 atom stereocenters. The Kier molecular flexibility index (Phi) is 5.29. The highest BCUT2D eigenvalue weighted by Gasteiger charge is 2.08. The fraction of sp³-hybridized carbons (Fsp3) is 0.357. The van der Waals surface area contributed by atoms with Crippen LogP contribution >= 0.6 is 15.9 Å². The van der Waals surface area contributed by atoms with Gasteiger partial charge in [-0.15, -0.1) is 0 Å². The van der Waals surface area contributed by atoms with Gasteiger partial charge in [0.05, 0.1) is 6.54 Å². The van der Waals surface area contributed by atoms with Crippen molar-refractivity contribution in [3.8, 4) is 0 Å². The van der Waals surface area contributed by atoms with Crippen LogP contribution in [-0.2, 0) is 17.8 Å². The topological polar surface area (TPSA) is 59.8 Å².